The maximum absolute atomic E-state index is 11.5. The van der Waals surface area contributed by atoms with Gasteiger partial charge in [0.1, 0.15) is 13.2 Å². The van der Waals surface area contributed by atoms with Gasteiger partial charge >= 0.3 is 11.8 Å². The quantitative estimate of drug-likeness (QED) is 0.469. The van der Waals surface area contributed by atoms with Crippen molar-refractivity contribution in [3.8, 4) is 17.2 Å². The zero-order valence-electron chi connectivity index (χ0n) is 12.6. The van der Waals surface area contributed by atoms with Gasteiger partial charge in [-0.05, 0) is 25.0 Å². The highest BCUT2D eigenvalue weighted by Gasteiger charge is 2.26. The Morgan fingerprint density at radius 3 is 2.78 bits per heavy atom. The van der Waals surface area contributed by atoms with E-state index in [4.69, 9.17) is 14.2 Å². The predicted octanol–water partition coefficient (Wildman–Crippen LogP) is 0.195. The Kier molecular flexibility index (Phi) is 4.31. The Morgan fingerprint density at radius 1 is 1.26 bits per heavy atom. The highest BCUT2D eigenvalue weighted by atomic mass is 16.6. The third kappa shape index (κ3) is 3.71. The molecule has 3 rings (SSSR count). The maximum Gasteiger partial charge on any atom is 0.329 e. The van der Waals surface area contributed by atoms with Crippen molar-refractivity contribution >= 4 is 18.0 Å². The lowest BCUT2D eigenvalue weighted by Gasteiger charge is -2.20. The smallest absolute Gasteiger partial charge is 0.329 e. The Balaban J connectivity index is 1.64. The third-order valence-electron chi connectivity index (χ3n) is 3.35. The van der Waals surface area contributed by atoms with Crippen LogP contribution in [0.3, 0.4) is 0 Å². The molecular weight excluding hydrogens is 302 g/mol. The van der Waals surface area contributed by atoms with E-state index < -0.39 is 11.8 Å². The van der Waals surface area contributed by atoms with E-state index in [1.807, 2.05) is 0 Å². The first kappa shape index (κ1) is 15.1. The van der Waals surface area contributed by atoms with Gasteiger partial charge in [0, 0.05) is 11.6 Å². The maximum atomic E-state index is 11.5. The Labute approximate surface area is 132 Å². The summed E-state index contributed by atoms with van der Waals surface area (Å²) in [5, 5.41) is 6.36. The fourth-order valence-corrected chi connectivity index (χ4v) is 2.06. The van der Waals surface area contributed by atoms with Gasteiger partial charge in [-0.1, -0.05) is 0 Å². The molecule has 0 atom stereocenters. The van der Waals surface area contributed by atoms with Crippen molar-refractivity contribution in [3.05, 3.63) is 17.7 Å². The first-order valence-corrected chi connectivity index (χ1v) is 7.29. The van der Waals surface area contributed by atoms with Crippen molar-refractivity contribution in [2.24, 2.45) is 5.10 Å². The number of carbonyl (C=O) groups is 2. The number of hydrazone groups is 1. The minimum absolute atomic E-state index is 0.124. The van der Waals surface area contributed by atoms with Crippen LogP contribution < -0.4 is 25.0 Å². The Morgan fingerprint density at radius 2 is 2.04 bits per heavy atom. The van der Waals surface area contributed by atoms with Crippen LogP contribution in [0.5, 0.6) is 17.2 Å². The van der Waals surface area contributed by atoms with Crippen molar-refractivity contribution in [1.29, 1.82) is 0 Å². The molecule has 1 aliphatic heterocycles. The second-order valence-electron chi connectivity index (χ2n) is 5.19. The molecule has 2 N–H and O–H groups in total. The van der Waals surface area contributed by atoms with Crippen LogP contribution in [0.4, 0.5) is 0 Å². The highest BCUT2D eigenvalue weighted by Crippen LogP contribution is 2.39. The number of fused-ring (bicyclic) bond motifs is 1. The molecule has 2 aliphatic rings. The number of benzene rings is 1. The minimum Gasteiger partial charge on any atom is -0.493 e. The van der Waals surface area contributed by atoms with Gasteiger partial charge in [0.05, 0.1) is 13.3 Å². The number of methoxy groups -OCH3 is 1. The van der Waals surface area contributed by atoms with Crippen LogP contribution in [0.15, 0.2) is 17.2 Å². The van der Waals surface area contributed by atoms with Gasteiger partial charge < -0.3 is 19.5 Å². The van der Waals surface area contributed by atoms with E-state index in [9.17, 15) is 9.59 Å². The summed E-state index contributed by atoms with van der Waals surface area (Å²) in [6.45, 7) is 0.914. The molecule has 1 aromatic carbocycles. The molecule has 122 valence electrons. The summed E-state index contributed by atoms with van der Waals surface area (Å²) in [6.07, 6.45) is 3.24. The molecule has 1 aliphatic carbocycles. The summed E-state index contributed by atoms with van der Waals surface area (Å²) >= 11 is 0. The number of ether oxygens (including phenoxy) is 3. The molecular formula is C15H17N3O5. The molecule has 0 spiro atoms. The SMILES string of the molecule is COc1cc(/C=N\NC(=O)C(=O)NC2CC2)cc2c1OCCO2. The zero-order valence-corrected chi connectivity index (χ0v) is 12.6. The first-order chi connectivity index (χ1) is 11.2. The molecule has 0 unspecified atom stereocenters. The van der Waals surface area contributed by atoms with Gasteiger partial charge in [-0.2, -0.15) is 5.10 Å². The van der Waals surface area contributed by atoms with E-state index in [0.717, 1.165) is 12.8 Å². The normalized spacial score (nSPS) is 16.0. The van der Waals surface area contributed by atoms with Crippen molar-refractivity contribution < 1.29 is 23.8 Å². The van der Waals surface area contributed by atoms with Gasteiger partial charge in [0.25, 0.3) is 0 Å². The number of carbonyl (C=O) groups excluding carboxylic acids is 2. The highest BCUT2D eigenvalue weighted by molar-refractivity contribution is 6.35. The van der Waals surface area contributed by atoms with E-state index in [2.05, 4.69) is 15.8 Å². The van der Waals surface area contributed by atoms with Gasteiger partial charge in [-0.15, -0.1) is 0 Å². The minimum atomic E-state index is -0.794. The molecule has 1 saturated carbocycles. The summed E-state index contributed by atoms with van der Waals surface area (Å²) in [5.74, 6) is 0.141. The van der Waals surface area contributed by atoms with Crippen molar-refractivity contribution in [3.63, 3.8) is 0 Å². The molecule has 8 heteroatoms. The van der Waals surface area contributed by atoms with Gasteiger partial charge in [-0.3, -0.25) is 9.59 Å². The van der Waals surface area contributed by atoms with E-state index in [0.29, 0.717) is 36.0 Å². The fourth-order valence-electron chi connectivity index (χ4n) is 2.06. The number of rotatable bonds is 4. The average molecular weight is 319 g/mol. The van der Waals surface area contributed by atoms with Gasteiger partial charge in [0.15, 0.2) is 11.5 Å². The Bertz CT molecular complexity index is 638. The summed E-state index contributed by atoms with van der Waals surface area (Å²) in [6, 6.07) is 3.55. The van der Waals surface area contributed by atoms with Crippen LogP contribution in [-0.4, -0.2) is 44.4 Å². The van der Waals surface area contributed by atoms with Crippen LogP contribution >= 0.6 is 0 Å². The predicted molar refractivity (Wildman–Crippen MR) is 80.9 cm³/mol. The second kappa shape index (κ2) is 6.55. The number of hydrogen-bond donors (Lipinski definition) is 2. The lowest BCUT2D eigenvalue weighted by molar-refractivity contribution is -0.139. The summed E-state index contributed by atoms with van der Waals surface area (Å²) in [7, 11) is 1.53. The average Bonchev–Trinajstić information content (AvgIpc) is 3.37. The zero-order chi connectivity index (χ0) is 16.2. The van der Waals surface area contributed by atoms with Crippen LogP contribution in [0.2, 0.25) is 0 Å². The molecule has 0 bridgehead atoms. The molecule has 23 heavy (non-hydrogen) atoms. The molecule has 8 nitrogen and oxygen atoms in total. The van der Waals surface area contributed by atoms with Crippen LogP contribution in [0.1, 0.15) is 18.4 Å². The van der Waals surface area contributed by atoms with Crippen LogP contribution in [-0.2, 0) is 9.59 Å². The molecule has 0 aromatic heterocycles. The van der Waals surface area contributed by atoms with Crippen molar-refractivity contribution in [1.82, 2.24) is 10.7 Å². The Hall–Kier alpha value is -2.77. The second-order valence-corrected chi connectivity index (χ2v) is 5.19. The first-order valence-electron chi connectivity index (χ1n) is 7.29. The van der Waals surface area contributed by atoms with E-state index in [1.165, 1.54) is 13.3 Å². The number of nitrogens with one attached hydrogen (secondary N) is 2. The standard InChI is InChI=1S/C15H17N3O5/c1-21-11-6-9(7-12-13(11)23-5-4-22-12)8-16-18-15(20)14(19)17-10-2-3-10/h6-8,10H,2-5H2,1H3,(H,17,19)(H,18,20)/b16-8-. The van der Waals surface area contributed by atoms with Crippen LogP contribution in [0, 0.1) is 0 Å². The van der Waals surface area contributed by atoms with Crippen molar-refractivity contribution in [2.45, 2.75) is 18.9 Å². The summed E-state index contributed by atoms with van der Waals surface area (Å²) < 4.78 is 16.3. The number of hydrogen-bond acceptors (Lipinski definition) is 6. The molecule has 1 heterocycles. The van der Waals surface area contributed by atoms with Crippen LogP contribution in [0.25, 0.3) is 0 Å². The number of amides is 2. The molecule has 0 saturated heterocycles. The van der Waals surface area contributed by atoms with E-state index in [1.54, 1.807) is 12.1 Å². The van der Waals surface area contributed by atoms with Crippen molar-refractivity contribution in [2.75, 3.05) is 20.3 Å². The van der Waals surface area contributed by atoms with Gasteiger partial charge in [0.2, 0.25) is 5.75 Å². The van der Waals surface area contributed by atoms with Gasteiger partial charge in [-0.25, -0.2) is 5.43 Å². The molecule has 1 aromatic rings. The fraction of sp³-hybridized carbons (Fsp3) is 0.400. The molecule has 1 fully saturated rings. The topological polar surface area (TPSA) is 98.2 Å². The lowest BCUT2D eigenvalue weighted by Crippen LogP contribution is -2.38. The summed E-state index contributed by atoms with van der Waals surface area (Å²) in [4.78, 5) is 23.0. The monoisotopic (exact) mass is 319 g/mol. The number of nitrogens with zero attached hydrogens (tertiary/aromatic N) is 1. The third-order valence-corrected chi connectivity index (χ3v) is 3.35. The van der Waals surface area contributed by atoms with E-state index >= 15 is 0 Å². The largest absolute Gasteiger partial charge is 0.493 e. The lowest BCUT2D eigenvalue weighted by atomic mass is 10.2. The molecule has 0 radical (unpaired) electrons. The summed E-state index contributed by atoms with van der Waals surface area (Å²) in [5.41, 5.74) is 2.83. The molecule has 2 amide bonds. The van der Waals surface area contributed by atoms with E-state index in [-0.39, 0.29) is 6.04 Å².